The van der Waals surface area contributed by atoms with Crippen LogP contribution in [-0.4, -0.2) is 48.5 Å². The van der Waals surface area contributed by atoms with Crippen LogP contribution in [0.2, 0.25) is 0 Å². The summed E-state index contributed by atoms with van der Waals surface area (Å²) in [5.41, 5.74) is 2.93. The second-order valence-electron chi connectivity index (χ2n) is 2.53. The molecule has 0 radical (unpaired) electrons. The Morgan fingerprint density at radius 1 is 1.69 bits per heavy atom. The van der Waals surface area contributed by atoms with Crippen LogP contribution in [0.15, 0.2) is 10.2 Å². The zero-order valence-electron chi connectivity index (χ0n) is 7.88. The topological polar surface area (TPSA) is 46.5 Å². The highest BCUT2D eigenvalue weighted by atomic mass is 32.4. The monoisotopic (exact) mass is 220 g/mol. The van der Waals surface area contributed by atoms with Crippen molar-refractivity contribution in [1.29, 1.82) is 0 Å². The predicted octanol–water partition coefficient (Wildman–Crippen LogP) is 0.0834. The maximum atomic E-state index is 5.50. The van der Waals surface area contributed by atoms with Gasteiger partial charge in [0, 0.05) is 27.9 Å². The Morgan fingerprint density at radius 2 is 2.31 bits per heavy atom. The molecule has 8 heteroatoms. The van der Waals surface area contributed by atoms with Crippen molar-refractivity contribution in [2.45, 2.75) is 0 Å². The number of nitrogens with zero attached hydrogens (tertiary/aromatic N) is 5. The number of rotatable bonds is 2. The van der Waals surface area contributed by atoms with E-state index in [4.69, 9.17) is 11.8 Å². The lowest BCUT2D eigenvalue weighted by Crippen LogP contribution is -2.43. The van der Waals surface area contributed by atoms with Gasteiger partial charge in [-0.05, 0) is 11.8 Å². The second kappa shape index (κ2) is 3.61. The van der Waals surface area contributed by atoms with E-state index < -0.39 is 6.49 Å². The van der Waals surface area contributed by atoms with Gasteiger partial charge >= 0.3 is 0 Å². The molecule has 0 aliphatic carbocycles. The van der Waals surface area contributed by atoms with Gasteiger partial charge in [0.25, 0.3) is 0 Å². The van der Waals surface area contributed by atoms with Crippen LogP contribution in [0.25, 0.3) is 0 Å². The third-order valence-corrected chi connectivity index (χ3v) is 6.61. The lowest BCUT2D eigenvalue weighted by Gasteiger charge is -2.42. The van der Waals surface area contributed by atoms with Crippen LogP contribution < -0.4 is 5.43 Å². The molecule has 1 heterocycles. The Labute approximate surface area is 83.0 Å². The third kappa shape index (κ3) is 1.54. The smallest absolute Gasteiger partial charge is 0.242 e. The quantitative estimate of drug-likeness (QED) is 0.406. The molecule has 1 N–H and O–H groups in total. The van der Waals surface area contributed by atoms with Gasteiger partial charge in [0.05, 0.1) is 0 Å². The summed E-state index contributed by atoms with van der Waals surface area (Å²) in [5, 5.41) is 7.89. The van der Waals surface area contributed by atoms with Gasteiger partial charge in [-0.15, -0.1) is 0 Å². The van der Waals surface area contributed by atoms with E-state index in [-0.39, 0.29) is 0 Å². The van der Waals surface area contributed by atoms with E-state index in [1.807, 2.05) is 18.9 Å². The van der Waals surface area contributed by atoms with Crippen molar-refractivity contribution in [3.8, 4) is 0 Å². The first kappa shape index (κ1) is 10.4. The molecule has 0 aromatic carbocycles. The van der Waals surface area contributed by atoms with Gasteiger partial charge in [-0.3, -0.25) is 0 Å². The highest BCUT2D eigenvalue weighted by Crippen LogP contribution is 2.54. The minimum atomic E-state index is -2.09. The molecule has 0 aromatic rings. The second-order valence-corrected chi connectivity index (χ2v) is 6.78. The summed E-state index contributed by atoms with van der Waals surface area (Å²) in [6.45, 7) is 1.36. The highest BCUT2D eigenvalue weighted by Gasteiger charge is 2.33. The van der Waals surface area contributed by atoms with Crippen molar-refractivity contribution >= 4 is 31.4 Å². The SMILES string of the molecule is C=NN(C)P1(=S)N(C)N=CNN1C. The van der Waals surface area contributed by atoms with Gasteiger partial charge in [0.2, 0.25) is 6.49 Å². The van der Waals surface area contributed by atoms with E-state index in [0.29, 0.717) is 0 Å². The van der Waals surface area contributed by atoms with Crippen LogP contribution in [0.5, 0.6) is 0 Å². The van der Waals surface area contributed by atoms with Crippen LogP contribution in [0.3, 0.4) is 0 Å². The maximum absolute atomic E-state index is 5.50. The molecule has 0 saturated carbocycles. The first-order valence-electron chi connectivity index (χ1n) is 3.61. The van der Waals surface area contributed by atoms with Crippen molar-refractivity contribution in [3.63, 3.8) is 0 Å². The number of hydrogen-bond donors (Lipinski definition) is 1. The molecule has 1 atom stereocenters. The summed E-state index contributed by atoms with van der Waals surface area (Å²) in [4.78, 5) is 0. The molecule has 1 unspecified atom stereocenters. The molecule has 0 fully saturated rings. The molecule has 74 valence electrons. The van der Waals surface area contributed by atoms with Gasteiger partial charge in [-0.1, -0.05) is 0 Å². The number of hydrazine groups is 1. The Kier molecular flexibility index (Phi) is 2.90. The van der Waals surface area contributed by atoms with Crippen molar-refractivity contribution in [2.24, 2.45) is 10.2 Å². The molecular formula is C5H13N6PS. The van der Waals surface area contributed by atoms with E-state index in [1.165, 1.54) is 0 Å². The van der Waals surface area contributed by atoms with E-state index in [0.717, 1.165) is 0 Å². The molecule has 0 saturated heterocycles. The molecule has 0 amide bonds. The number of hydrogen-bond acceptors (Lipinski definition) is 4. The lowest BCUT2D eigenvalue weighted by atomic mass is 11.3. The molecule has 13 heavy (non-hydrogen) atoms. The van der Waals surface area contributed by atoms with Crippen molar-refractivity contribution in [3.05, 3.63) is 0 Å². The minimum absolute atomic E-state index is 1.58. The fourth-order valence-electron chi connectivity index (χ4n) is 0.993. The van der Waals surface area contributed by atoms with Crippen LogP contribution in [-0.2, 0) is 11.8 Å². The normalized spacial score (nSPS) is 28.4. The lowest BCUT2D eigenvalue weighted by molar-refractivity contribution is 0.364. The van der Waals surface area contributed by atoms with Gasteiger partial charge < -0.3 is 5.43 Å². The number of hydrazone groups is 2. The molecular weight excluding hydrogens is 207 g/mol. The summed E-state index contributed by atoms with van der Waals surface area (Å²) >= 11 is 5.50. The van der Waals surface area contributed by atoms with E-state index in [2.05, 4.69) is 22.3 Å². The van der Waals surface area contributed by atoms with Gasteiger partial charge in [0.15, 0.2) is 0 Å². The fraction of sp³-hybridized carbons (Fsp3) is 0.600. The maximum Gasteiger partial charge on any atom is 0.242 e. The first-order valence-corrected chi connectivity index (χ1v) is 6.27. The third-order valence-electron chi connectivity index (χ3n) is 1.82. The Hall–Kier alpha value is -0.650. The molecule has 0 aromatic heterocycles. The van der Waals surface area contributed by atoms with Crippen LogP contribution >= 0.6 is 6.49 Å². The summed E-state index contributed by atoms with van der Waals surface area (Å²) in [6, 6.07) is 0. The zero-order chi connectivity index (χ0) is 10.1. The first-order chi connectivity index (χ1) is 6.03. The largest absolute Gasteiger partial charge is 0.301 e. The van der Waals surface area contributed by atoms with Crippen LogP contribution in [0.4, 0.5) is 0 Å². The number of nitrogens with one attached hydrogen (secondary N) is 1. The van der Waals surface area contributed by atoms with Crippen molar-refractivity contribution in [2.75, 3.05) is 21.1 Å². The van der Waals surface area contributed by atoms with E-state index in [1.54, 1.807) is 22.9 Å². The molecule has 1 rings (SSSR count). The molecule has 6 nitrogen and oxygen atoms in total. The van der Waals surface area contributed by atoms with Crippen LogP contribution in [0.1, 0.15) is 0 Å². The fourth-order valence-corrected chi connectivity index (χ4v) is 3.12. The summed E-state index contributed by atoms with van der Waals surface area (Å²) in [7, 11) is 5.49. The van der Waals surface area contributed by atoms with E-state index in [9.17, 15) is 0 Å². The van der Waals surface area contributed by atoms with Gasteiger partial charge in [-0.2, -0.15) is 15.0 Å². The molecule has 1 aliphatic rings. The van der Waals surface area contributed by atoms with Gasteiger partial charge in [0.1, 0.15) is 6.34 Å². The van der Waals surface area contributed by atoms with Crippen molar-refractivity contribution in [1.82, 2.24) is 19.8 Å². The molecule has 1 aliphatic heterocycles. The van der Waals surface area contributed by atoms with Crippen molar-refractivity contribution < 1.29 is 0 Å². The van der Waals surface area contributed by atoms with Crippen LogP contribution in [0, 0.1) is 0 Å². The standard InChI is InChI=1S/C5H13N6PS/c1-6-9(2)12(13)10(3)7-5-8-11(12)4/h5H,1H2,2-4H3,(H,7,8). The Balaban J connectivity index is 3.04. The zero-order valence-corrected chi connectivity index (χ0v) is 9.59. The minimum Gasteiger partial charge on any atom is -0.301 e. The van der Waals surface area contributed by atoms with Gasteiger partial charge in [-0.25, -0.2) is 9.56 Å². The average Bonchev–Trinajstić information content (AvgIpc) is 2.12. The Morgan fingerprint density at radius 3 is 2.77 bits per heavy atom. The summed E-state index contributed by atoms with van der Waals surface area (Å²) < 4.78 is 5.21. The summed E-state index contributed by atoms with van der Waals surface area (Å²) in [5.74, 6) is 0. The highest BCUT2D eigenvalue weighted by molar-refractivity contribution is 8.11. The van der Waals surface area contributed by atoms with E-state index >= 15 is 0 Å². The Bertz CT molecular complexity index is 278. The summed E-state index contributed by atoms with van der Waals surface area (Å²) in [6.07, 6.45) is 1.58. The molecule has 0 spiro atoms. The molecule has 0 bridgehead atoms. The average molecular weight is 220 g/mol. The predicted molar refractivity (Wildman–Crippen MR) is 58.8 cm³/mol.